The summed E-state index contributed by atoms with van der Waals surface area (Å²) in [6, 6.07) is 63.0. The number of para-hydroxylation sites is 3. The van der Waals surface area contributed by atoms with Crippen molar-refractivity contribution in [3.63, 3.8) is 0 Å². The topological polar surface area (TPSA) is 34.5 Å². The smallest absolute Gasteiger partial charge is 0.135 e. The second kappa shape index (κ2) is 12.2. The summed E-state index contributed by atoms with van der Waals surface area (Å²) in [4.78, 5) is 2.33. The van der Waals surface area contributed by atoms with E-state index in [-0.39, 0.29) is 5.41 Å². The summed E-state index contributed by atoms with van der Waals surface area (Å²) in [6.07, 6.45) is 0. The molecular weight excluding hydrogens is 685 g/mol. The summed E-state index contributed by atoms with van der Waals surface area (Å²) >= 11 is 0. The molecule has 0 saturated heterocycles. The van der Waals surface area contributed by atoms with Crippen LogP contribution >= 0.6 is 0 Å². The minimum atomic E-state index is 0.0408. The first kappa shape index (κ1) is 32.4. The average molecular weight is 723 g/mol. The van der Waals surface area contributed by atoms with Crippen molar-refractivity contribution in [1.82, 2.24) is 4.57 Å². The monoisotopic (exact) mass is 722 g/mol. The zero-order valence-electron chi connectivity index (χ0n) is 31.5. The third-order valence-electron chi connectivity index (χ3n) is 11.3. The SMILES string of the molecule is CC(C)(C)c1ccc2c(c1)c1cc(-c3ccc(N(c4ccc5oc6ccccc6c5c4)c4ccc5oc6ccccc6c5c4)cc3)ccc1n2-c1ccccc1. The number of benzene rings is 8. The maximum atomic E-state index is 6.23. The maximum Gasteiger partial charge on any atom is 0.135 e. The van der Waals surface area contributed by atoms with Gasteiger partial charge in [-0.25, -0.2) is 0 Å². The Balaban J connectivity index is 1.06. The van der Waals surface area contributed by atoms with Crippen LogP contribution in [0, 0.1) is 0 Å². The van der Waals surface area contributed by atoms with E-state index in [0.717, 1.165) is 72.2 Å². The molecule has 0 bridgehead atoms. The van der Waals surface area contributed by atoms with Gasteiger partial charge in [-0.2, -0.15) is 0 Å². The first-order chi connectivity index (χ1) is 27.4. The van der Waals surface area contributed by atoms with Crippen LogP contribution in [0.25, 0.3) is 82.5 Å². The number of furan rings is 2. The van der Waals surface area contributed by atoms with Crippen LogP contribution in [0.4, 0.5) is 17.1 Å². The van der Waals surface area contributed by atoms with Crippen molar-refractivity contribution in [1.29, 1.82) is 0 Å². The molecule has 4 heteroatoms. The van der Waals surface area contributed by atoms with E-state index < -0.39 is 0 Å². The summed E-state index contributed by atoms with van der Waals surface area (Å²) in [5, 5.41) is 6.91. The van der Waals surface area contributed by atoms with Gasteiger partial charge in [0.15, 0.2) is 0 Å². The fourth-order valence-corrected chi connectivity index (χ4v) is 8.48. The molecule has 0 aliphatic rings. The van der Waals surface area contributed by atoms with Crippen molar-refractivity contribution in [2.24, 2.45) is 0 Å². The summed E-state index contributed by atoms with van der Waals surface area (Å²) in [5.74, 6) is 0. The molecule has 3 heterocycles. The normalized spacial score (nSPS) is 12.2. The molecule has 0 atom stereocenters. The molecule has 0 saturated carbocycles. The van der Waals surface area contributed by atoms with E-state index in [2.05, 4.69) is 182 Å². The fraction of sp³-hybridized carbons (Fsp3) is 0.0769. The van der Waals surface area contributed by atoms with Crippen molar-refractivity contribution in [3.05, 3.63) is 181 Å². The zero-order valence-corrected chi connectivity index (χ0v) is 31.5. The zero-order chi connectivity index (χ0) is 37.5. The number of nitrogens with zero attached hydrogens (tertiary/aromatic N) is 2. The highest BCUT2D eigenvalue weighted by molar-refractivity contribution is 6.11. The number of anilines is 3. The van der Waals surface area contributed by atoms with Gasteiger partial charge >= 0.3 is 0 Å². The van der Waals surface area contributed by atoms with Crippen molar-refractivity contribution in [2.75, 3.05) is 4.90 Å². The van der Waals surface area contributed by atoms with Crippen LogP contribution < -0.4 is 4.90 Å². The second-order valence-electron chi connectivity index (χ2n) is 15.8. The van der Waals surface area contributed by atoms with Gasteiger partial charge in [-0.05, 0) is 119 Å². The van der Waals surface area contributed by atoms with Gasteiger partial charge in [0.1, 0.15) is 22.3 Å². The van der Waals surface area contributed by atoms with Gasteiger partial charge in [0, 0.05) is 55.1 Å². The van der Waals surface area contributed by atoms with Crippen LogP contribution in [0.5, 0.6) is 0 Å². The van der Waals surface area contributed by atoms with Crippen LogP contribution in [-0.4, -0.2) is 4.57 Å². The minimum absolute atomic E-state index is 0.0408. The van der Waals surface area contributed by atoms with E-state index in [1.54, 1.807) is 0 Å². The van der Waals surface area contributed by atoms with Crippen LogP contribution in [0.3, 0.4) is 0 Å². The summed E-state index contributed by atoms with van der Waals surface area (Å²) in [5.41, 5.74) is 14.0. The van der Waals surface area contributed by atoms with Gasteiger partial charge in [-0.3, -0.25) is 0 Å². The first-order valence-electron chi connectivity index (χ1n) is 19.2. The van der Waals surface area contributed by atoms with Crippen molar-refractivity contribution in [3.8, 4) is 16.8 Å². The fourth-order valence-electron chi connectivity index (χ4n) is 8.48. The van der Waals surface area contributed by atoms with E-state index >= 15 is 0 Å². The minimum Gasteiger partial charge on any atom is -0.456 e. The van der Waals surface area contributed by atoms with Gasteiger partial charge in [-0.1, -0.05) is 99.6 Å². The van der Waals surface area contributed by atoms with Gasteiger partial charge < -0.3 is 18.3 Å². The largest absolute Gasteiger partial charge is 0.456 e. The molecule has 8 aromatic carbocycles. The summed E-state index contributed by atoms with van der Waals surface area (Å²) < 4.78 is 14.9. The predicted octanol–water partition coefficient (Wildman–Crippen LogP) is 15.0. The van der Waals surface area contributed by atoms with Gasteiger partial charge in [0.25, 0.3) is 0 Å². The molecule has 268 valence electrons. The highest BCUT2D eigenvalue weighted by Gasteiger charge is 2.20. The Hall–Kier alpha value is -7.04. The average Bonchev–Trinajstić information content (AvgIpc) is 3.90. The lowest BCUT2D eigenvalue weighted by molar-refractivity contribution is 0.591. The molecule has 0 aliphatic carbocycles. The highest BCUT2D eigenvalue weighted by atomic mass is 16.3. The lowest BCUT2D eigenvalue weighted by Crippen LogP contribution is -2.10. The number of fused-ring (bicyclic) bond motifs is 9. The van der Waals surface area contributed by atoms with Gasteiger partial charge in [0.2, 0.25) is 0 Å². The molecule has 0 unspecified atom stereocenters. The van der Waals surface area contributed by atoms with E-state index in [1.807, 2.05) is 24.3 Å². The Labute approximate surface area is 324 Å². The standard InChI is InChI=1S/C52H38N2O2/c1-52(2,3)35-20-26-47-43(30-35)42-29-34(19-25-46(42)54(47)36-11-5-4-6-12-36)33-17-21-37(22-18-33)53(38-23-27-50-44(31-38)40-13-7-9-15-48(40)55-50)39-24-28-51-45(32-39)41-14-8-10-16-49(41)56-51/h4-32H,1-3H3. The Morgan fingerprint density at radius 2 is 0.893 bits per heavy atom. The number of rotatable bonds is 5. The lowest BCUT2D eigenvalue weighted by atomic mass is 9.86. The van der Waals surface area contributed by atoms with E-state index in [9.17, 15) is 0 Å². The first-order valence-corrected chi connectivity index (χ1v) is 19.2. The molecule has 11 aromatic rings. The maximum absolute atomic E-state index is 6.23. The van der Waals surface area contributed by atoms with E-state index in [0.29, 0.717) is 0 Å². The molecule has 0 spiro atoms. The van der Waals surface area contributed by atoms with Crippen LogP contribution in [-0.2, 0) is 5.41 Å². The Kier molecular flexibility index (Phi) is 7.08. The summed E-state index contributed by atoms with van der Waals surface area (Å²) in [7, 11) is 0. The molecule has 3 aromatic heterocycles. The van der Waals surface area contributed by atoms with Crippen molar-refractivity contribution in [2.45, 2.75) is 26.2 Å². The number of aromatic nitrogens is 1. The highest BCUT2D eigenvalue weighted by Crippen LogP contribution is 2.42. The quantitative estimate of drug-likeness (QED) is 0.177. The molecule has 0 amide bonds. The molecule has 0 aliphatic heterocycles. The Morgan fingerprint density at radius 3 is 1.50 bits per heavy atom. The molecular formula is C52H38N2O2. The van der Waals surface area contributed by atoms with Crippen LogP contribution in [0.2, 0.25) is 0 Å². The van der Waals surface area contributed by atoms with Crippen molar-refractivity contribution < 1.29 is 8.83 Å². The lowest BCUT2D eigenvalue weighted by Gasteiger charge is -2.26. The third kappa shape index (κ3) is 5.14. The van der Waals surface area contributed by atoms with Gasteiger partial charge in [0.05, 0.1) is 11.0 Å². The van der Waals surface area contributed by atoms with Gasteiger partial charge in [-0.15, -0.1) is 0 Å². The molecule has 0 N–H and O–H groups in total. The molecule has 4 nitrogen and oxygen atoms in total. The molecule has 0 radical (unpaired) electrons. The number of hydrogen-bond acceptors (Lipinski definition) is 3. The van der Waals surface area contributed by atoms with Crippen LogP contribution in [0.1, 0.15) is 26.3 Å². The Morgan fingerprint density at radius 1 is 0.393 bits per heavy atom. The molecule has 56 heavy (non-hydrogen) atoms. The van der Waals surface area contributed by atoms with Crippen molar-refractivity contribution >= 4 is 82.7 Å². The third-order valence-corrected chi connectivity index (χ3v) is 11.3. The molecule has 11 rings (SSSR count). The van der Waals surface area contributed by atoms with E-state index in [1.165, 1.54) is 32.9 Å². The predicted molar refractivity (Wildman–Crippen MR) is 234 cm³/mol. The molecule has 0 fully saturated rings. The summed E-state index contributed by atoms with van der Waals surface area (Å²) in [6.45, 7) is 6.85. The van der Waals surface area contributed by atoms with E-state index in [4.69, 9.17) is 8.83 Å². The van der Waals surface area contributed by atoms with Crippen LogP contribution in [0.15, 0.2) is 185 Å². The Bertz CT molecular complexity index is 3170. The number of hydrogen-bond donors (Lipinski definition) is 0. The second-order valence-corrected chi connectivity index (χ2v) is 15.8.